The molecule has 26 heavy (non-hydrogen) atoms. The minimum atomic E-state index is 0.201. The number of nitrogens with one attached hydrogen (secondary N) is 1. The van der Waals surface area contributed by atoms with E-state index < -0.39 is 0 Å². The van der Waals surface area contributed by atoms with E-state index in [2.05, 4.69) is 41.5 Å². The predicted molar refractivity (Wildman–Crippen MR) is 95.9 cm³/mol. The first-order valence-electron chi connectivity index (χ1n) is 8.76. The molecule has 1 N–H and O–H groups in total. The van der Waals surface area contributed by atoms with Crippen LogP contribution in [0.15, 0.2) is 29.2 Å². The molecule has 4 heterocycles. The second kappa shape index (κ2) is 7.61. The number of aromatic nitrogens is 5. The summed E-state index contributed by atoms with van der Waals surface area (Å²) >= 11 is 0. The van der Waals surface area contributed by atoms with Gasteiger partial charge in [0.2, 0.25) is 11.3 Å². The van der Waals surface area contributed by atoms with Gasteiger partial charge in [0.25, 0.3) is 0 Å². The van der Waals surface area contributed by atoms with Crippen molar-refractivity contribution in [3.8, 4) is 0 Å². The van der Waals surface area contributed by atoms with Gasteiger partial charge in [-0.15, -0.1) is 0 Å². The van der Waals surface area contributed by atoms with Crippen LogP contribution in [0.2, 0.25) is 0 Å². The molecule has 1 fully saturated rings. The number of hydrogen-bond donors (Lipinski definition) is 1. The smallest absolute Gasteiger partial charge is 0.245 e. The van der Waals surface area contributed by atoms with Crippen LogP contribution in [-0.4, -0.2) is 52.1 Å². The van der Waals surface area contributed by atoms with Crippen molar-refractivity contribution in [1.29, 1.82) is 0 Å². The summed E-state index contributed by atoms with van der Waals surface area (Å²) in [5, 5.41) is 11.0. The van der Waals surface area contributed by atoms with E-state index in [1.165, 1.54) is 12.0 Å². The number of methoxy groups -OCH3 is 1. The van der Waals surface area contributed by atoms with Crippen molar-refractivity contribution in [2.45, 2.75) is 25.3 Å². The lowest BCUT2D eigenvalue weighted by Crippen LogP contribution is -2.35. The molecule has 0 amide bonds. The van der Waals surface area contributed by atoms with Crippen molar-refractivity contribution in [2.75, 3.05) is 37.0 Å². The summed E-state index contributed by atoms with van der Waals surface area (Å²) in [6.07, 6.45) is 7.03. The maximum atomic E-state index is 5.13. The van der Waals surface area contributed by atoms with Crippen molar-refractivity contribution in [3.63, 3.8) is 0 Å². The SMILES string of the molecule is COCCNc1nc2nonc2nc1N1CCCCC1c1cccnc1. The van der Waals surface area contributed by atoms with Gasteiger partial charge in [0.15, 0.2) is 11.6 Å². The van der Waals surface area contributed by atoms with Crippen molar-refractivity contribution in [3.05, 3.63) is 30.1 Å². The Bertz CT molecular complexity index is 855. The number of hydrogen-bond acceptors (Lipinski definition) is 9. The van der Waals surface area contributed by atoms with Gasteiger partial charge < -0.3 is 15.0 Å². The van der Waals surface area contributed by atoms with Gasteiger partial charge in [-0.2, -0.15) is 0 Å². The number of fused-ring (bicyclic) bond motifs is 1. The first-order valence-corrected chi connectivity index (χ1v) is 8.76. The summed E-state index contributed by atoms with van der Waals surface area (Å²) in [5.74, 6) is 1.43. The van der Waals surface area contributed by atoms with E-state index in [1.54, 1.807) is 13.3 Å². The highest BCUT2D eigenvalue weighted by molar-refractivity contribution is 5.74. The average Bonchev–Trinajstić information content (AvgIpc) is 3.16. The molecule has 0 saturated carbocycles. The minimum Gasteiger partial charge on any atom is -0.383 e. The van der Waals surface area contributed by atoms with Crippen LogP contribution in [0, 0.1) is 0 Å². The van der Waals surface area contributed by atoms with Crippen molar-refractivity contribution >= 4 is 22.9 Å². The summed E-state index contributed by atoms with van der Waals surface area (Å²) in [5.41, 5.74) is 1.98. The summed E-state index contributed by atoms with van der Waals surface area (Å²) in [7, 11) is 1.67. The topological polar surface area (TPSA) is 102 Å². The Hall–Kier alpha value is -2.81. The molecule has 3 aromatic heterocycles. The summed E-state index contributed by atoms with van der Waals surface area (Å²) < 4.78 is 9.93. The number of rotatable bonds is 6. The molecule has 1 aliphatic rings. The molecule has 0 radical (unpaired) electrons. The van der Waals surface area contributed by atoms with Crippen molar-refractivity contribution in [1.82, 2.24) is 25.3 Å². The Labute approximate surface area is 150 Å². The minimum absolute atomic E-state index is 0.201. The molecule has 0 bridgehead atoms. The fraction of sp³-hybridized carbons (Fsp3) is 0.471. The zero-order valence-corrected chi connectivity index (χ0v) is 14.6. The fourth-order valence-electron chi connectivity index (χ4n) is 3.32. The van der Waals surface area contributed by atoms with E-state index in [-0.39, 0.29) is 6.04 Å². The third-order valence-corrected chi connectivity index (χ3v) is 4.54. The molecule has 0 aromatic carbocycles. The second-order valence-electron chi connectivity index (χ2n) is 6.22. The summed E-state index contributed by atoms with van der Waals surface area (Å²) in [6.45, 7) is 2.09. The molecule has 1 unspecified atom stereocenters. The van der Waals surface area contributed by atoms with E-state index in [4.69, 9.17) is 9.37 Å². The lowest BCUT2D eigenvalue weighted by Gasteiger charge is -2.37. The highest BCUT2D eigenvalue weighted by Gasteiger charge is 2.28. The van der Waals surface area contributed by atoms with Gasteiger partial charge in [0.05, 0.1) is 12.6 Å². The maximum absolute atomic E-state index is 5.13. The molecule has 0 aliphatic carbocycles. The highest BCUT2D eigenvalue weighted by Crippen LogP contribution is 2.37. The molecular formula is C17H21N7O2. The fourth-order valence-corrected chi connectivity index (χ4v) is 3.32. The van der Waals surface area contributed by atoms with Crippen LogP contribution in [0.4, 0.5) is 11.6 Å². The first kappa shape index (κ1) is 16.6. The predicted octanol–water partition coefficient (Wildman–Crippen LogP) is 2.20. The molecule has 1 aliphatic heterocycles. The molecule has 1 atom stereocenters. The Morgan fingerprint density at radius 1 is 1.27 bits per heavy atom. The maximum Gasteiger partial charge on any atom is 0.245 e. The zero-order chi connectivity index (χ0) is 17.8. The van der Waals surface area contributed by atoms with Gasteiger partial charge in [-0.25, -0.2) is 14.6 Å². The summed E-state index contributed by atoms with van der Waals surface area (Å²) in [4.78, 5) is 15.8. The molecule has 3 aromatic rings. The van der Waals surface area contributed by atoms with Gasteiger partial charge in [0.1, 0.15) is 0 Å². The number of piperidine rings is 1. The van der Waals surface area contributed by atoms with E-state index in [9.17, 15) is 0 Å². The van der Waals surface area contributed by atoms with Crippen LogP contribution in [0.3, 0.4) is 0 Å². The van der Waals surface area contributed by atoms with Crippen LogP contribution in [-0.2, 0) is 4.74 Å². The average molecular weight is 355 g/mol. The molecule has 0 spiro atoms. The first-order chi connectivity index (χ1) is 12.9. The van der Waals surface area contributed by atoms with Gasteiger partial charge in [-0.1, -0.05) is 6.07 Å². The third-order valence-electron chi connectivity index (χ3n) is 4.54. The Kier molecular flexibility index (Phi) is 4.87. The standard InChI is InChI=1S/C17H21N7O2/c1-25-10-8-19-16-17(21-15-14(20-16)22-26-23-15)24-9-3-2-6-13(24)12-5-4-7-18-11-12/h4-5,7,11,13H,2-3,6,8-10H2,1H3,(H,19,20,22). The van der Waals surface area contributed by atoms with Gasteiger partial charge in [-0.3, -0.25) is 4.98 Å². The van der Waals surface area contributed by atoms with Crippen molar-refractivity contribution in [2.24, 2.45) is 0 Å². The van der Waals surface area contributed by atoms with Crippen molar-refractivity contribution < 1.29 is 9.37 Å². The Morgan fingerprint density at radius 3 is 2.96 bits per heavy atom. The van der Waals surface area contributed by atoms with Gasteiger partial charge >= 0.3 is 0 Å². The van der Waals surface area contributed by atoms with E-state index >= 15 is 0 Å². The van der Waals surface area contributed by atoms with Crippen LogP contribution in [0.5, 0.6) is 0 Å². The normalized spacial score (nSPS) is 17.6. The Balaban J connectivity index is 1.73. The van der Waals surface area contributed by atoms with Crippen LogP contribution >= 0.6 is 0 Å². The second-order valence-corrected chi connectivity index (χ2v) is 6.22. The molecule has 4 rings (SSSR count). The number of anilines is 2. The molecule has 136 valence electrons. The van der Waals surface area contributed by atoms with Crippen LogP contribution in [0.1, 0.15) is 30.9 Å². The highest BCUT2D eigenvalue weighted by atomic mass is 16.6. The molecule has 9 heteroatoms. The largest absolute Gasteiger partial charge is 0.383 e. The zero-order valence-electron chi connectivity index (χ0n) is 14.6. The molecular weight excluding hydrogens is 334 g/mol. The monoisotopic (exact) mass is 355 g/mol. The van der Waals surface area contributed by atoms with Gasteiger partial charge in [0, 0.05) is 32.6 Å². The number of nitrogens with zero attached hydrogens (tertiary/aromatic N) is 6. The van der Waals surface area contributed by atoms with E-state index in [0.717, 1.165) is 25.2 Å². The van der Waals surface area contributed by atoms with E-state index in [1.807, 2.05) is 12.3 Å². The number of ether oxygens (including phenoxy) is 1. The number of pyridine rings is 1. The molecule has 1 saturated heterocycles. The summed E-state index contributed by atoms with van der Waals surface area (Å²) in [6, 6.07) is 4.28. The van der Waals surface area contributed by atoms with Crippen LogP contribution in [0.25, 0.3) is 11.3 Å². The van der Waals surface area contributed by atoms with E-state index in [0.29, 0.717) is 30.3 Å². The Morgan fingerprint density at radius 2 is 2.15 bits per heavy atom. The lowest BCUT2D eigenvalue weighted by molar-refractivity contribution is 0.210. The quantitative estimate of drug-likeness (QED) is 0.666. The van der Waals surface area contributed by atoms with Crippen LogP contribution < -0.4 is 10.2 Å². The lowest BCUT2D eigenvalue weighted by atomic mass is 9.96. The third kappa shape index (κ3) is 3.30. The molecule has 9 nitrogen and oxygen atoms in total. The van der Waals surface area contributed by atoms with Gasteiger partial charge in [-0.05, 0) is 41.2 Å².